The highest BCUT2D eigenvalue weighted by atomic mass is 16.6. The molecule has 6 atom stereocenters. The van der Waals surface area contributed by atoms with E-state index in [1.165, 1.54) is 166 Å². The summed E-state index contributed by atoms with van der Waals surface area (Å²) < 4.78 is 17.2. The van der Waals surface area contributed by atoms with Gasteiger partial charge in [0.15, 0.2) is 6.23 Å². The van der Waals surface area contributed by atoms with Crippen LogP contribution in [-0.2, 0) is 25.6 Å². The van der Waals surface area contributed by atoms with E-state index < -0.39 is 61.3 Å². The lowest BCUT2D eigenvalue weighted by Crippen LogP contribution is -2.69. The minimum absolute atomic E-state index is 0.0167. The smallest absolute Gasteiger partial charge is 0.411 e. The largest absolute Gasteiger partial charge is 0.449 e. The average molecular weight is 932 g/mol. The van der Waals surface area contributed by atoms with Crippen LogP contribution < -0.4 is 10.6 Å². The van der Waals surface area contributed by atoms with Crippen molar-refractivity contribution in [1.82, 2.24) is 15.5 Å². The summed E-state index contributed by atoms with van der Waals surface area (Å²) in [5.74, 6) is -0.678. The van der Waals surface area contributed by atoms with Gasteiger partial charge in [-0.3, -0.25) is 9.69 Å². The second-order valence-electron chi connectivity index (χ2n) is 19.1. The van der Waals surface area contributed by atoms with Crippen LogP contribution in [0.25, 0.3) is 0 Å². The number of nitrogens with one attached hydrogen (secondary N) is 2. The second-order valence-corrected chi connectivity index (χ2v) is 19.1. The summed E-state index contributed by atoms with van der Waals surface area (Å²) in [4.78, 5) is 41.4. The summed E-state index contributed by atoms with van der Waals surface area (Å²) in [7, 11) is 0. The molecule has 2 rings (SSSR count). The molecular formula is C54H97N3O9. The third-order valence-electron chi connectivity index (χ3n) is 13.2. The molecule has 1 saturated heterocycles. The molecule has 66 heavy (non-hydrogen) atoms. The van der Waals surface area contributed by atoms with E-state index in [9.17, 15) is 29.7 Å². The van der Waals surface area contributed by atoms with Gasteiger partial charge in [0.1, 0.15) is 37.0 Å². The molecule has 1 heterocycles. The Labute approximate surface area is 401 Å². The van der Waals surface area contributed by atoms with Gasteiger partial charge in [-0.15, -0.1) is 0 Å². The molecule has 0 spiro atoms. The molecule has 0 aromatic heterocycles. The highest BCUT2D eigenvalue weighted by Crippen LogP contribution is 2.26. The zero-order valence-corrected chi connectivity index (χ0v) is 42.0. The van der Waals surface area contributed by atoms with Crippen LogP contribution in [0.4, 0.5) is 9.59 Å². The minimum Gasteiger partial charge on any atom is -0.449 e. The Hall–Kier alpha value is -2.93. The molecule has 0 unspecified atom stereocenters. The lowest BCUT2D eigenvalue weighted by Gasteiger charge is -2.46. The van der Waals surface area contributed by atoms with Gasteiger partial charge in [-0.25, -0.2) is 9.59 Å². The van der Waals surface area contributed by atoms with Gasteiger partial charge in [0, 0.05) is 6.54 Å². The van der Waals surface area contributed by atoms with E-state index in [2.05, 4.69) is 24.5 Å². The van der Waals surface area contributed by atoms with Crippen molar-refractivity contribution >= 4 is 18.1 Å². The molecule has 12 nitrogen and oxygen atoms in total. The fourth-order valence-electron chi connectivity index (χ4n) is 8.86. The summed E-state index contributed by atoms with van der Waals surface area (Å²) in [6.45, 7) is 5.85. The van der Waals surface area contributed by atoms with Crippen molar-refractivity contribution in [3.05, 3.63) is 35.9 Å². The maximum Gasteiger partial charge on any atom is 0.411 e. The van der Waals surface area contributed by atoms with Crippen LogP contribution in [0, 0.1) is 0 Å². The number of benzene rings is 1. The number of nitrogens with zero attached hydrogens (tertiary/aromatic N) is 1. The van der Waals surface area contributed by atoms with Gasteiger partial charge in [0.25, 0.3) is 0 Å². The molecular weight excluding hydrogens is 835 g/mol. The van der Waals surface area contributed by atoms with Crippen molar-refractivity contribution in [3.8, 4) is 0 Å². The summed E-state index contributed by atoms with van der Waals surface area (Å²) in [5.41, 5.74) is 0.786. The van der Waals surface area contributed by atoms with Gasteiger partial charge in [-0.1, -0.05) is 237 Å². The van der Waals surface area contributed by atoms with Crippen LogP contribution in [0.5, 0.6) is 0 Å². The average Bonchev–Trinajstić information content (AvgIpc) is 3.32. The van der Waals surface area contributed by atoms with Crippen LogP contribution in [0.2, 0.25) is 0 Å². The van der Waals surface area contributed by atoms with E-state index in [0.29, 0.717) is 12.8 Å². The third-order valence-corrected chi connectivity index (χ3v) is 13.2. The molecule has 3 amide bonds. The Morgan fingerprint density at radius 3 is 1.47 bits per heavy atom. The fraction of sp³-hybridized carbons (Fsp3) is 0.833. The first-order valence-corrected chi connectivity index (χ1v) is 27.1. The lowest BCUT2D eigenvalue weighted by atomic mass is 9.95. The van der Waals surface area contributed by atoms with E-state index in [1.54, 1.807) is 0 Å². The standard InChI is InChI=1S/C54H97N3O9/c1-4-6-8-10-12-14-16-18-20-22-24-26-28-30-32-37-41-57(54(63)64-42-38-33-31-29-27-25-23-21-19-17-15-13-11-9-7-5-2)52-48(50(60)49(59)47(43-58)66-52)56-51(61)45(3)55-53(62)65-44-46-39-35-34-36-40-46/h34-36,39-40,45,47-50,52,58-60H,4-33,37-38,41-44H2,1-3H3,(H,55,62)(H,56,61)/t45-,47+,48+,49+,50+,52+/m0/s1. The molecule has 1 aromatic carbocycles. The highest BCUT2D eigenvalue weighted by Gasteiger charge is 2.49. The number of rotatable bonds is 41. The number of unbranched alkanes of at least 4 members (excludes halogenated alkanes) is 30. The SMILES string of the molecule is CCCCCCCCCCCCCCCCCCOC(=O)N(CCCCCCCCCCCCCCCCCC)[C@@H]1O[C@H](CO)[C@@H](O)[C@H](O)[C@H]1NC(=O)[C@H](C)NC(=O)OCc1ccccc1. The molecule has 1 aliphatic heterocycles. The number of carbonyl (C=O) groups is 3. The third kappa shape index (κ3) is 27.8. The molecule has 12 heteroatoms. The van der Waals surface area contributed by atoms with E-state index >= 15 is 0 Å². The van der Waals surface area contributed by atoms with Crippen LogP contribution >= 0.6 is 0 Å². The van der Waals surface area contributed by atoms with Gasteiger partial charge in [0.2, 0.25) is 5.91 Å². The van der Waals surface area contributed by atoms with E-state index in [-0.39, 0.29) is 19.8 Å². The van der Waals surface area contributed by atoms with Crippen molar-refractivity contribution in [2.45, 2.75) is 269 Å². The Morgan fingerprint density at radius 1 is 0.606 bits per heavy atom. The molecule has 1 aromatic rings. The molecule has 382 valence electrons. The van der Waals surface area contributed by atoms with Gasteiger partial charge in [0.05, 0.1) is 13.2 Å². The monoisotopic (exact) mass is 932 g/mol. The lowest BCUT2D eigenvalue weighted by molar-refractivity contribution is -0.226. The number of carbonyl (C=O) groups excluding carboxylic acids is 3. The number of amides is 3. The number of hydrogen-bond acceptors (Lipinski definition) is 9. The minimum atomic E-state index is -1.59. The summed E-state index contributed by atoms with van der Waals surface area (Å²) >= 11 is 0. The maximum absolute atomic E-state index is 13.9. The Bertz CT molecular complexity index is 1320. The molecule has 1 aliphatic rings. The number of ether oxygens (including phenoxy) is 3. The zero-order chi connectivity index (χ0) is 47.9. The summed E-state index contributed by atoms with van der Waals surface area (Å²) in [5, 5.41) is 37.6. The van der Waals surface area contributed by atoms with Gasteiger partial charge >= 0.3 is 12.2 Å². The van der Waals surface area contributed by atoms with E-state index in [0.717, 1.165) is 44.1 Å². The normalized spacial score (nSPS) is 18.7. The predicted octanol–water partition coefficient (Wildman–Crippen LogP) is 12.2. The first-order valence-electron chi connectivity index (χ1n) is 27.1. The Kier molecular flexibility index (Phi) is 35.9. The van der Waals surface area contributed by atoms with Crippen molar-refractivity contribution in [2.24, 2.45) is 0 Å². The zero-order valence-electron chi connectivity index (χ0n) is 42.0. The quantitative estimate of drug-likeness (QED) is 0.0402. The number of alkyl carbamates (subject to hydrolysis) is 1. The molecule has 5 N–H and O–H groups in total. The second kappa shape index (κ2) is 40.0. The number of hydrogen-bond donors (Lipinski definition) is 5. The van der Waals surface area contributed by atoms with Crippen LogP contribution in [0.15, 0.2) is 30.3 Å². The van der Waals surface area contributed by atoms with E-state index in [4.69, 9.17) is 14.2 Å². The summed E-state index contributed by atoms with van der Waals surface area (Å²) in [6.07, 6.45) is 32.2. The van der Waals surface area contributed by atoms with Crippen molar-refractivity contribution in [1.29, 1.82) is 0 Å². The molecule has 1 fully saturated rings. The predicted molar refractivity (Wildman–Crippen MR) is 266 cm³/mol. The van der Waals surface area contributed by atoms with Crippen LogP contribution in [0.1, 0.15) is 232 Å². The van der Waals surface area contributed by atoms with Crippen molar-refractivity contribution in [2.75, 3.05) is 19.8 Å². The Morgan fingerprint density at radius 2 is 1.03 bits per heavy atom. The van der Waals surface area contributed by atoms with Gasteiger partial charge in [-0.05, 0) is 25.3 Å². The van der Waals surface area contributed by atoms with Crippen molar-refractivity contribution < 1.29 is 43.9 Å². The van der Waals surface area contributed by atoms with Crippen LogP contribution in [-0.4, -0.2) is 94.7 Å². The van der Waals surface area contributed by atoms with Gasteiger partial charge in [-0.2, -0.15) is 0 Å². The molecule has 0 bridgehead atoms. The fourth-order valence-corrected chi connectivity index (χ4v) is 8.86. The van der Waals surface area contributed by atoms with Crippen LogP contribution in [0.3, 0.4) is 0 Å². The molecule has 0 radical (unpaired) electrons. The summed E-state index contributed by atoms with van der Waals surface area (Å²) in [6, 6.07) is 6.77. The van der Waals surface area contributed by atoms with E-state index in [1.807, 2.05) is 30.3 Å². The topological polar surface area (TPSA) is 167 Å². The highest BCUT2D eigenvalue weighted by molar-refractivity contribution is 5.85. The maximum atomic E-state index is 13.9. The first-order chi connectivity index (χ1) is 32.2. The number of aliphatic hydroxyl groups is 3. The van der Waals surface area contributed by atoms with Gasteiger partial charge < -0.3 is 40.2 Å². The number of aliphatic hydroxyl groups excluding tert-OH is 3. The van der Waals surface area contributed by atoms with Crippen molar-refractivity contribution in [3.63, 3.8) is 0 Å². The molecule has 0 aliphatic carbocycles. The first kappa shape index (κ1) is 59.2. The Balaban J connectivity index is 1.90. The molecule has 0 saturated carbocycles.